The van der Waals surface area contributed by atoms with Crippen LogP contribution in [-0.4, -0.2) is 25.4 Å². The minimum atomic E-state index is -3.71. The Kier molecular flexibility index (Phi) is 3.64. The lowest BCUT2D eigenvalue weighted by molar-refractivity contribution is 0.601. The summed E-state index contributed by atoms with van der Waals surface area (Å²) in [4.78, 5) is 8.35. The van der Waals surface area contributed by atoms with Crippen LogP contribution in [0.3, 0.4) is 0 Å². The van der Waals surface area contributed by atoms with Crippen LogP contribution in [0.4, 0.5) is 11.5 Å². The number of fused-ring (bicyclic) bond motifs is 1. The summed E-state index contributed by atoms with van der Waals surface area (Å²) in [6.45, 7) is 0. The van der Waals surface area contributed by atoms with E-state index in [2.05, 4.69) is 20.0 Å². The molecule has 0 amide bonds. The van der Waals surface area contributed by atoms with Crippen molar-refractivity contribution >= 4 is 32.4 Å². The molecular formula is C15H14N4O2S. The van der Waals surface area contributed by atoms with Crippen LogP contribution in [0, 0.1) is 0 Å². The number of sulfonamides is 1. The Morgan fingerprint density at radius 3 is 2.55 bits per heavy atom. The number of hydrogen-bond donors (Lipinski definition) is 2. The van der Waals surface area contributed by atoms with Gasteiger partial charge in [-0.25, -0.2) is 13.4 Å². The average Bonchev–Trinajstić information content (AvgIpc) is 2.55. The van der Waals surface area contributed by atoms with E-state index in [1.165, 1.54) is 12.3 Å². The fourth-order valence-electron chi connectivity index (χ4n) is 2.08. The zero-order valence-corrected chi connectivity index (χ0v) is 12.6. The van der Waals surface area contributed by atoms with Gasteiger partial charge in [0.05, 0.1) is 11.2 Å². The molecule has 3 rings (SSSR count). The number of rotatable bonds is 4. The van der Waals surface area contributed by atoms with E-state index in [-0.39, 0.29) is 4.90 Å². The standard InChI is InChI=1S/C15H14N4O2S/c1-16-14-8-7-12(10-18-14)22(20,21)19-13-6-2-4-11-5-3-9-17-15(11)13/h2-10,19H,1H3,(H,16,18). The van der Waals surface area contributed by atoms with Crippen molar-refractivity contribution in [2.75, 3.05) is 17.1 Å². The van der Waals surface area contributed by atoms with Crippen LogP contribution >= 0.6 is 0 Å². The van der Waals surface area contributed by atoms with E-state index >= 15 is 0 Å². The highest BCUT2D eigenvalue weighted by Crippen LogP contribution is 2.23. The molecule has 0 radical (unpaired) electrons. The number of pyridine rings is 2. The fourth-order valence-corrected chi connectivity index (χ4v) is 3.09. The lowest BCUT2D eigenvalue weighted by atomic mass is 10.2. The third kappa shape index (κ3) is 2.71. The molecule has 0 atom stereocenters. The molecule has 0 aliphatic rings. The van der Waals surface area contributed by atoms with Gasteiger partial charge in [-0.1, -0.05) is 18.2 Å². The molecule has 2 N–H and O–H groups in total. The monoisotopic (exact) mass is 314 g/mol. The summed E-state index contributed by atoms with van der Waals surface area (Å²) < 4.78 is 27.5. The van der Waals surface area contributed by atoms with Crippen LogP contribution in [0.25, 0.3) is 10.9 Å². The molecule has 0 bridgehead atoms. The smallest absolute Gasteiger partial charge is 0.263 e. The molecule has 112 valence electrons. The third-order valence-corrected chi connectivity index (χ3v) is 4.53. The van der Waals surface area contributed by atoms with Gasteiger partial charge in [0.2, 0.25) is 0 Å². The summed E-state index contributed by atoms with van der Waals surface area (Å²) in [5, 5.41) is 3.71. The van der Waals surface area contributed by atoms with Gasteiger partial charge in [0, 0.05) is 24.8 Å². The van der Waals surface area contributed by atoms with Crippen LogP contribution in [0.5, 0.6) is 0 Å². The first-order valence-electron chi connectivity index (χ1n) is 6.60. The van der Waals surface area contributed by atoms with Crippen molar-refractivity contribution in [1.29, 1.82) is 0 Å². The lowest BCUT2D eigenvalue weighted by Gasteiger charge is -2.10. The number of aromatic nitrogens is 2. The maximum atomic E-state index is 12.4. The Bertz CT molecular complexity index is 903. The van der Waals surface area contributed by atoms with Crippen molar-refractivity contribution in [3.8, 4) is 0 Å². The minimum Gasteiger partial charge on any atom is -0.373 e. The van der Waals surface area contributed by atoms with Crippen LogP contribution < -0.4 is 10.0 Å². The zero-order chi connectivity index (χ0) is 15.6. The number of nitrogens with one attached hydrogen (secondary N) is 2. The van der Waals surface area contributed by atoms with E-state index in [0.717, 1.165) is 5.39 Å². The molecule has 22 heavy (non-hydrogen) atoms. The van der Waals surface area contributed by atoms with Crippen molar-refractivity contribution in [2.45, 2.75) is 4.90 Å². The first-order valence-corrected chi connectivity index (χ1v) is 8.09. The van der Waals surface area contributed by atoms with Crippen molar-refractivity contribution in [3.63, 3.8) is 0 Å². The molecule has 0 saturated heterocycles. The maximum Gasteiger partial charge on any atom is 0.263 e. The molecule has 7 heteroatoms. The predicted molar refractivity (Wildman–Crippen MR) is 86.3 cm³/mol. The molecule has 2 aromatic heterocycles. The van der Waals surface area contributed by atoms with Gasteiger partial charge in [-0.3, -0.25) is 9.71 Å². The summed E-state index contributed by atoms with van der Waals surface area (Å²) in [5.41, 5.74) is 1.05. The Hall–Kier alpha value is -2.67. The van der Waals surface area contributed by atoms with Gasteiger partial charge in [-0.05, 0) is 24.3 Å². The first-order chi connectivity index (χ1) is 10.6. The highest BCUT2D eigenvalue weighted by Gasteiger charge is 2.16. The Morgan fingerprint density at radius 1 is 1.00 bits per heavy atom. The van der Waals surface area contributed by atoms with Crippen molar-refractivity contribution in [1.82, 2.24) is 9.97 Å². The molecule has 0 unspecified atom stereocenters. The van der Waals surface area contributed by atoms with Gasteiger partial charge in [0.25, 0.3) is 10.0 Å². The molecule has 6 nitrogen and oxygen atoms in total. The van der Waals surface area contributed by atoms with E-state index < -0.39 is 10.0 Å². The second-order valence-electron chi connectivity index (χ2n) is 4.62. The van der Waals surface area contributed by atoms with Crippen LogP contribution in [0.1, 0.15) is 0 Å². The minimum absolute atomic E-state index is 0.0967. The first kappa shape index (κ1) is 14.3. The molecular weight excluding hydrogens is 300 g/mol. The third-order valence-electron chi connectivity index (χ3n) is 3.18. The number of hydrogen-bond acceptors (Lipinski definition) is 5. The van der Waals surface area contributed by atoms with Crippen LogP contribution in [0.15, 0.2) is 59.8 Å². The second-order valence-corrected chi connectivity index (χ2v) is 6.30. The molecule has 0 fully saturated rings. The number of para-hydroxylation sites is 1. The maximum absolute atomic E-state index is 12.4. The van der Waals surface area contributed by atoms with E-state index in [1.54, 1.807) is 37.5 Å². The van der Waals surface area contributed by atoms with E-state index in [0.29, 0.717) is 17.0 Å². The summed E-state index contributed by atoms with van der Waals surface area (Å²) in [7, 11) is -1.99. The number of anilines is 2. The van der Waals surface area contributed by atoms with Gasteiger partial charge >= 0.3 is 0 Å². The molecule has 1 aromatic carbocycles. The van der Waals surface area contributed by atoms with Crippen molar-refractivity contribution in [2.24, 2.45) is 0 Å². The largest absolute Gasteiger partial charge is 0.373 e. The van der Waals surface area contributed by atoms with Crippen LogP contribution in [-0.2, 0) is 10.0 Å². The SMILES string of the molecule is CNc1ccc(S(=O)(=O)Nc2cccc3cccnc23)cn1. The average molecular weight is 314 g/mol. The summed E-state index contributed by atoms with van der Waals surface area (Å²) in [6.07, 6.45) is 2.94. The van der Waals surface area contributed by atoms with Gasteiger partial charge < -0.3 is 5.32 Å². The quantitative estimate of drug-likeness (QED) is 0.773. The summed E-state index contributed by atoms with van der Waals surface area (Å²) >= 11 is 0. The number of benzene rings is 1. The topological polar surface area (TPSA) is 84.0 Å². The van der Waals surface area contributed by atoms with Gasteiger partial charge in [-0.2, -0.15) is 0 Å². The molecule has 0 saturated carbocycles. The Morgan fingerprint density at radius 2 is 1.82 bits per heavy atom. The van der Waals surface area contributed by atoms with E-state index in [4.69, 9.17) is 0 Å². The normalized spacial score (nSPS) is 11.3. The number of nitrogens with zero attached hydrogens (tertiary/aromatic N) is 2. The highest BCUT2D eigenvalue weighted by atomic mass is 32.2. The molecule has 0 aliphatic heterocycles. The molecule has 0 spiro atoms. The van der Waals surface area contributed by atoms with E-state index in [1.807, 2.05) is 12.1 Å². The van der Waals surface area contributed by atoms with Crippen molar-refractivity contribution < 1.29 is 8.42 Å². The van der Waals surface area contributed by atoms with Crippen LogP contribution in [0.2, 0.25) is 0 Å². The lowest BCUT2D eigenvalue weighted by Crippen LogP contribution is -2.13. The summed E-state index contributed by atoms with van der Waals surface area (Å²) in [6, 6.07) is 12.1. The van der Waals surface area contributed by atoms with Gasteiger partial charge in [0.1, 0.15) is 10.7 Å². The van der Waals surface area contributed by atoms with Crippen molar-refractivity contribution in [3.05, 3.63) is 54.9 Å². The predicted octanol–water partition coefficient (Wildman–Crippen LogP) is 2.47. The highest BCUT2D eigenvalue weighted by molar-refractivity contribution is 7.92. The Balaban J connectivity index is 1.99. The van der Waals surface area contributed by atoms with E-state index in [9.17, 15) is 8.42 Å². The van der Waals surface area contributed by atoms with Gasteiger partial charge in [0.15, 0.2) is 0 Å². The molecule has 3 aromatic rings. The second kappa shape index (κ2) is 5.61. The van der Waals surface area contributed by atoms with Gasteiger partial charge in [-0.15, -0.1) is 0 Å². The zero-order valence-electron chi connectivity index (χ0n) is 11.8. The molecule has 2 heterocycles. The Labute approximate surface area is 128 Å². The summed E-state index contributed by atoms with van der Waals surface area (Å²) in [5.74, 6) is 0.603. The molecule has 0 aliphatic carbocycles. The fraction of sp³-hybridized carbons (Fsp3) is 0.0667.